The van der Waals surface area contributed by atoms with Crippen molar-refractivity contribution in [1.82, 2.24) is 0 Å². The molecule has 0 N–H and O–H groups in total. The molecule has 3 aromatic carbocycles. The molecule has 0 bridgehead atoms. The van der Waals surface area contributed by atoms with Crippen LogP contribution in [0.3, 0.4) is 0 Å². The third kappa shape index (κ3) is 6.58. The van der Waals surface area contributed by atoms with Gasteiger partial charge in [-0.1, -0.05) is 53.5 Å². The van der Waals surface area contributed by atoms with Crippen molar-refractivity contribution in [3.63, 3.8) is 0 Å². The van der Waals surface area contributed by atoms with Crippen molar-refractivity contribution in [1.29, 1.82) is 5.26 Å². The van der Waals surface area contributed by atoms with Gasteiger partial charge in [0.2, 0.25) is 0 Å². The Hall–Kier alpha value is -3.33. The summed E-state index contributed by atoms with van der Waals surface area (Å²) < 4.78 is 24.9. The Labute approximate surface area is 195 Å². The second-order valence-corrected chi connectivity index (χ2v) is 7.57. The van der Waals surface area contributed by atoms with Gasteiger partial charge in [0.1, 0.15) is 17.3 Å². The lowest BCUT2D eigenvalue weighted by molar-refractivity contribution is -0.134. The fourth-order valence-corrected chi connectivity index (χ4v) is 3.32. The molecule has 0 radical (unpaired) electrons. The summed E-state index contributed by atoms with van der Waals surface area (Å²) in [5, 5.41) is 10.3. The van der Waals surface area contributed by atoms with E-state index >= 15 is 0 Å². The largest absolute Gasteiger partial charge is 0.492 e. The molecule has 0 amide bonds. The monoisotopic (exact) mass is 469 g/mol. The molecule has 0 fully saturated rings. The number of carbonyl (C=O) groups is 1. The van der Waals surface area contributed by atoms with Crippen LogP contribution in [-0.4, -0.2) is 12.6 Å². The van der Waals surface area contributed by atoms with E-state index in [-0.39, 0.29) is 24.2 Å². The molecular formula is C25H18Cl2FNO3. The summed E-state index contributed by atoms with van der Waals surface area (Å²) in [6.45, 7) is 0.285. The van der Waals surface area contributed by atoms with E-state index in [1.807, 2.05) is 6.07 Å². The molecule has 0 saturated heterocycles. The molecule has 162 valence electrons. The maximum absolute atomic E-state index is 14.0. The predicted molar refractivity (Wildman–Crippen MR) is 123 cm³/mol. The summed E-state index contributed by atoms with van der Waals surface area (Å²) in [6.07, 6.45) is 2.12. The van der Waals surface area contributed by atoms with Crippen LogP contribution in [0.2, 0.25) is 10.0 Å². The van der Waals surface area contributed by atoms with Crippen LogP contribution >= 0.6 is 23.2 Å². The first kappa shape index (κ1) is 23.3. The molecule has 0 atom stereocenters. The van der Waals surface area contributed by atoms with Crippen LogP contribution in [0.4, 0.5) is 4.39 Å². The molecule has 0 spiro atoms. The van der Waals surface area contributed by atoms with Crippen LogP contribution in [-0.2, 0) is 4.79 Å². The Bertz CT molecular complexity index is 1190. The lowest BCUT2D eigenvalue weighted by Gasteiger charge is -2.08. The van der Waals surface area contributed by atoms with Crippen LogP contribution in [0.25, 0.3) is 11.6 Å². The molecule has 32 heavy (non-hydrogen) atoms. The number of carbonyl (C=O) groups excluding carboxylic acids is 1. The number of nitrogens with zero attached hydrogens (tertiary/aromatic N) is 1. The number of esters is 1. The zero-order valence-corrected chi connectivity index (χ0v) is 18.4. The highest BCUT2D eigenvalue weighted by molar-refractivity contribution is 6.35. The summed E-state index contributed by atoms with van der Waals surface area (Å²) in [5.41, 5.74) is 0.985. The first-order valence-corrected chi connectivity index (χ1v) is 10.5. The number of halogens is 3. The predicted octanol–water partition coefficient (Wildman–Crippen LogP) is 6.96. The van der Waals surface area contributed by atoms with Gasteiger partial charge in [-0.3, -0.25) is 4.79 Å². The molecule has 0 aliphatic rings. The second kappa shape index (κ2) is 11.3. The van der Waals surface area contributed by atoms with Crippen LogP contribution in [0, 0.1) is 17.1 Å². The van der Waals surface area contributed by atoms with Crippen LogP contribution in [0.5, 0.6) is 11.5 Å². The minimum atomic E-state index is -0.481. The molecule has 3 aromatic rings. The van der Waals surface area contributed by atoms with Crippen molar-refractivity contribution in [3.8, 4) is 17.6 Å². The fourth-order valence-electron chi connectivity index (χ4n) is 2.86. The number of ether oxygens (including phenoxy) is 2. The van der Waals surface area contributed by atoms with Gasteiger partial charge in [-0.05, 0) is 54.5 Å². The van der Waals surface area contributed by atoms with E-state index in [2.05, 4.69) is 0 Å². The summed E-state index contributed by atoms with van der Waals surface area (Å²) >= 11 is 11.9. The van der Waals surface area contributed by atoms with Crippen molar-refractivity contribution in [2.45, 2.75) is 12.8 Å². The Kier molecular flexibility index (Phi) is 8.27. The molecule has 3 rings (SSSR count). The Morgan fingerprint density at radius 1 is 1.06 bits per heavy atom. The second-order valence-electron chi connectivity index (χ2n) is 6.72. The Morgan fingerprint density at radius 3 is 2.62 bits per heavy atom. The third-order valence-corrected chi connectivity index (χ3v) is 4.89. The van der Waals surface area contributed by atoms with E-state index in [0.29, 0.717) is 33.5 Å². The quantitative estimate of drug-likeness (QED) is 0.117. The number of allylic oxidation sites excluding steroid dienone is 1. The molecule has 0 aliphatic carbocycles. The van der Waals surface area contributed by atoms with Crippen LogP contribution in [0.15, 0.2) is 66.7 Å². The minimum absolute atomic E-state index is 0.143. The first-order chi connectivity index (χ1) is 15.5. The molecule has 0 aliphatic heterocycles. The van der Waals surface area contributed by atoms with E-state index < -0.39 is 11.8 Å². The SMILES string of the molecule is N#C/C(=C/c1cccc(OC(=O)CCCOc2ccc(Cl)cc2Cl)c1)c1ccccc1F. The Balaban J connectivity index is 1.56. The molecule has 7 heteroatoms. The van der Waals surface area contributed by atoms with Crippen LogP contribution < -0.4 is 9.47 Å². The molecular weight excluding hydrogens is 452 g/mol. The zero-order valence-electron chi connectivity index (χ0n) is 16.9. The zero-order chi connectivity index (χ0) is 22.9. The van der Waals surface area contributed by atoms with Crippen molar-refractivity contribution in [2.75, 3.05) is 6.61 Å². The summed E-state index contributed by atoms with van der Waals surface area (Å²) in [6, 6.07) is 19.6. The van der Waals surface area contributed by atoms with Crippen molar-refractivity contribution < 1.29 is 18.7 Å². The smallest absolute Gasteiger partial charge is 0.311 e. The fraction of sp³-hybridized carbons (Fsp3) is 0.120. The van der Waals surface area contributed by atoms with Gasteiger partial charge < -0.3 is 9.47 Å². The van der Waals surface area contributed by atoms with Crippen molar-refractivity contribution >= 4 is 40.8 Å². The van der Waals surface area contributed by atoms with Crippen molar-refractivity contribution in [3.05, 3.63) is 93.7 Å². The Morgan fingerprint density at radius 2 is 1.88 bits per heavy atom. The van der Waals surface area contributed by atoms with Gasteiger partial charge in [0.15, 0.2) is 0 Å². The molecule has 0 aromatic heterocycles. The van der Waals surface area contributed by atoms with Gasteiger partial charge in [0.25, 0.3) is 0 Å². The number of nitriles is 1. The van der Waals surface area contributed by atoms with Crippen LogP contribution in [0.1, 0.15) is 24.0 Å². The number of hydrogen-bond acceptors (Lipinski definition) is 4. The van der Waals surface area contributed by atoms with E-state index in [1.54, 1.807) is 60.7 Å². The standard InChI is InChI=1S/C25H18Cl2FNO3/c26-19-10-11-24(22(27)15-19)31-12-4-9-25(30)32-20-6-3-5-17(14-20)13-18(16-29)21-7-1-2-8-23(21)28/h1-3,5-8,10-11,13-15H,4,9,12H2/b18-13-. The third-order valence-electron chi connectivity index (χ3n) is 4.36. The van der Waals surface area contributed by atoms with E-state index in [9.17, 15) is 14.4 Å². The van der Waals surface area contributed by atoms with Crippen molar-refractivity contribution in [2.24, 2.45) is 0 Å². The highest BCUT2D eigenvalue weighted by Crippen LogP contribution is 2.27. The minimum Gasteiger partial charge on any atom is -0.492 e. The first-order valence-electron chi connectivity index (χ1n) is 9.71. The molecule has 0 saturated carbocycles. The maximum atomic E-state index is 14.0. The average Bonchev–Trinajstić information content (AvgIpc) is 2.77. The average molecular weight is 470 g/mol. The number of rotatable bonds is 8. The normalized spacial score (nSPS) is 11.0. The molecule has 0 unspecified atom stereocenters. The van der Waals surface area contributed by atoms with Gasteiger partial charge in [-0.15, -0.1) is 0 Å². The highest BCUT2D eigenvalue weighted by atomic mass is 35.5. The van der Waals surface area contributed by atoms with Gasteiger partial charge in [-0.25, -0.2) is 4.39 Å². The highest BCUT2D eigenvalue weighted by Gasteiger charge is 2.09. The summed E-state index contributed by atoms with van der Waals surface area (Å²) in [4.78, 5) is 12.2. The van der Waals surface area contributed by atoms with E-state index in [4.69, 9.17) is 32.7 Å². The lowest BCUT2D eigenvalue weighted by atomic mass is 10.0. The summed E-state index contributed by atoms with van der Waals surface area (Å²) in [5.74, 6) is -0.0835. The molecule has 0 heterocycles. The van der Waals surface area contributed by atoms with E-state index in [0.717, 1.165) is 0 Å². The summed E-state index contributed by atoms with van der Waals surface area (Å²) in [7, 11) is 0. The van der Waals surface area contributed by atoms with E-state index in [1.165, 1.54) is 12.1 Å². The van der Waals surface area contributed by atoms with Gasteiger partial charge >= 0.3 is 5.97 Å². The maximum Gasteiger partial charge on any atom is 0.311 e. The van der Waals surface area contributed by atoms with Gasteiger partial charge in [0.05, 0.1) is 23.3 Å². The lowest BCUT2D eigenvalue weighted by Crippen LogP contribution is -2.10. The van der Waals surface area contributed by atoms with Gasteiger partial charge in [0, 0.05) is 17.0 Å². The van der Waals surface area contributed by atoms with Gasteiger partial charge in [-0.2, -0.15) is 5.26 Å². The number of benzene rings is 3. The molecule has 4 nitrogen and oxygen atoms in total. The number of hydrogen-bond donors (Lipinski definition) is 0. The topological polar surface area (TPSA) is 59.3 Å².